The summed E-state index contributed by atoms with van der Waals surface area (Å²) in [4.78, 5) is 0. The quantitative estimate of drug-likeness (QED) is 0.728. The number of nitrogens with two attached hydrogens (primary N) is 1. The lowest BCUT2D eigenvalue weighted by Crippen LogP contribution is -2.22. The van der Waals surface area contributed by atoms with Gasteiger partial charge in [-0.15, -0.1) is 0 Å². The molecule has 0 radical (unpaired) electrons. The van der Waals surface area contributed by atoms with E-state index in [9.17, 15) is 13.2 Å². The zero-order valence-electron chi connectivity index (χ0n) is 5.95. The van der Waals surface area contributed by atoms with E-state index in [0.29, 0.717) is 6.42 Å². The second kappa shape index (κ2) is 2.86. The van der Waals surface area contributed by atoms with Crippen LogP contribution in [0.4, 0.5) is 13.2 Å². The minimum atomic E-state index is -4.09. The molecule has 1 saturated carbocycles. The van der Waals surface area contributed by atoms with Crippen LogP contribution in [0.5, 0.6) is 0 Å². The van der Waals surface area contributed by atoms with Crippen molar-refractivity contribution in [2.75, 3.05) is 5.75 Å². The Bertz CT molecular complexity index is 136. The van der Waals surface area contributed by atoms with Gasteiger partial charge in [0.1, 0.15) is 0 Å². The van der Waals surface area contributed by atoms with Gasteiger partial charge in [-0.2, -0.15) is 13.2 Å². The highest BCUT2D eigenvalue weighted by Gasteiger charge is 2.39. The molecule has 1 aliphatic carbocycles. The molecule has 0 saturated heterocycles. The van der Waals surface area contributed by atoms with E-state index in [2.05, 4.69) is 0 Å². The first-order chi connectivity index (χ1) is 4.91. The summed E-state index contributed by atoms with van der Waals surface area (Å²) in [7, 11) is 0. The van der Waals surface area contributed by atoms with Crippen LogP contribution >= 0.6 is 11.8 Å². The SMILES string of the molecule is NC1(CCSC(F)(F)F)CC1. The minimum absolute atomic E-state index is 0.0204. The average molecular weight is 185 g/mol. The van der Waals surface area contributed by atoms with Gasteiger partial charge >= 0.3 is 5.51 Å². The van der Waals surface area contributed by atoms with Gasteiger partial charge in [0.05, 0.1) is 0 Å². The predicted octanol–water partition coefficient (Wildman–Crippen LogP) is 2.12. The highest BCUT2D eigenvalue weighted by Crippen LogP contribution is 2.39. The van der Waals surface area contributed by atoms with Gasteiger partial charge in [0, 0.05) is 11.3 Å². The third-order valence-electron chi connectivity index (χ3n) is 1.76. The number of hydrogen-bond acceptors (Lipinski definition) is 2. The minimum Gasteiger partial charge on any atom is -0.325 e. The highest BCUT2D eigenvalue weighted by atomic mass is 32.2. The zero-order chi connectivity index (χ0) is 8.54. The van der Waals surface area contributed by atoms with Crippen LogP contribution < -0.4 is 5.73 Å². The van der Waals surface area contributed by atoms with Crippen molar-refractivity contribution in [3.8, 4) is 0 Å². The standard InChI is InChI=1S/C6H10F3NS/c7-6(8,9)11-4-3-5(10)1-2-5/h1-4,10H2. The summed E-state index contributed by atoms with van der Waals surface area (Å²) in [6.45, 7) is 0. The topological polar surface area (TPSA) is 26.0 Å². The molecule has 66 valence electrons. The van der Waals surface area contributed by atoms with Crippen LogP contribution in [0.2, 0.25) is 0 Å². The van der Waals surface area contributed by atoms with E-state index in [4.69, 9.17) is 5.73 Å². The molecular formula is C6H10F3NS. The maximum absolute atomic E-state index is 11.6. The number of rotatable bonds is 3. The largest absolute Gasteiger partial charge is 0.441 e. The summed E-state index contributed by atoms with van der Waals surface area (Å²) in [5.74, 6) is 0.0972. The van der Waals surface area contributed by atoms with Crippen molar-refractivity contribution in [2.45, 2.75) is 30.3 Å². The van der Waals surface area contributed by atoms with E-state index in [-0.39, 0.29) is 23.1 Å². The third kappa shape index (κ3) is 3.86. The van der Waals surface area contributed by atoms with Gasteiger partial charge in [0.2, 0.25) is 0 Å². The van der Waals surface area contributed by atoms with Crippen LogP contribution in [0.25, 0.3) is 0 Å². The molecule has 2 N–H and O–H groups in total. The molecule has 5 heteroatoms. The molecule has 0 spiro atoms. The average Bonchev–Trinajstić information content (AvgIpc) is 2.44. The molecule has 0 aliphatic heterocycles. The number of thioether (sulfide) groups is 1. The van der Waals surface area contributed by atoms with Crippen LogP contribution in [0.3, 0.4) is 0 Å². The van der Waals surface area contributed by atoms with E-state index < -0.39 is 5.51 Å². The predicted molar refractivity (Wildman–Crippen MR) is 39.3 cm³/mol. The van der Waals surface area contributed by atoms with Crippen molar-refractivity contribution in [3.05, 3.63) is 0 Å². The van der Waals surface area contributed by atoms with Crippen LogP contribution in [-0.2, 0) is 0 Å². The number of hydrogen-bond donors (Lipinski definition) is 1. The van der Waals surface area contributed by atoms with E-state index >= 15 is 0 Å². The van der Waals surface area contributed by atoms with E-state index in [1.165, 1.54) is 0 Å². The fourth-order valence-corrected chi connectivity index (χ4v) is 1.52. The molecule has 1 nitrogen and oxygen atoms in total. The Labute approximate surface area is 67.5 Å². The Hall–Kier alpha value is 0.100. The molecule has 0 aromatic rings. The van der Waals surface area contributed by atoms with Gasteiger partial charge in [-0.05, 0) is 19.3 Å². The third-order valence-corrected chi connectivity index (χ3v) is 2.49. The molecule has 11 heavy (non-hydrogen) atoms. The lowest BCUT2D eigenvalue weighted by molar-refractivity contribution is -0.0328. The summed E-state index contributed by atoms with van der Waals surface area (Å²) < 4.78 is 34.7. The second-order valence-corrected chi connectivity index (χ2v) is 4.07. The first-order valence-corrected chi connectivity index (χ1v) is 4.39. The zero-order valence-corrected chi connectivity index (χ0v) is 6.76. The lowest BCUT2D eigenvalue weighted by atomic mass is 10.2. The molecule has 1 rings (SSSR count). The second-order valence-electron chi connectivity index (χ2n) is 2.91. The number of alkyl halides is 3. The maximum Gasteiger partial charge on any atom is 0.441 e. The summed E-state index contributed by atoms with van der Waals surface area (Å²) in [5, 5.41) is 0. The van der Waals surface area contributed by atoms with Crippen LogP contribution in [-0.4, -0.2) is 16.8 Å². The molecule has 0 unspecified atom stereocenters. The highest BCUT2D eigenvalue weighted by molar-refractivity contribution is 8.00. The van der Waals surface area contributed by atoms with E-state index in [1.807, 2.05) is 0 Å². The fourth-order valence-electron chi connectivity index (χ4n) is 0.781. The molecule has 1 aliphatic rings. The lowest BCUT2D eigenvalue weighted by Gasteiger charge is -2.08. The molecule has 0 bridgehead atoms. The summed E-state index contributed by atoms with van der Waals surface area (Å²) >= 11 is 0.0204. The molecule has 0 atom stereocenters. The van der Waals surface area contributed by atoms with Gasteiger partial charge in [-0.25, -0.2) is 0 Å². The Morgan fingerprint density at radius 1 is 1.36 bits per heavy atom. The monoisotopic (exact) mass is 185 g/mol. The Morgan fingerprint density at radius 2 is 1.91 bits per heavy atom. The summed E-state index contributed by atoms with van der Waals surface area (Å²) in [6.07, 6.45) is 2.24. The van der Waals surface area contributed by atoms with Crippen molar-refractivity contribution < 1.29 is 13.2 Å². The van der Waals surface area contributed by atoms with E-state index in [1.54, 1.807) is 0 Å². The van der Waals surface area contributed by atoms with Crippen molar-refractivity contribution in [1.82, 2.24) is 0 Å². The first kappa shape index (κ1) is 9.19. The molecule has 0 aromatic carbocycles. The Morgan fingerprint density at radius 3 is 2.27 bits per heavy atom. The van der Waals surface area contributed by atoms with Gasteiger partial charge in [0.15, 0.2) is 0 Å². The smallest absolute Gasteiger partial charge is 0.325 e. The molecule has 0 aromatic heterocycles. The molecule has 0 heterocycles. The van der Waals surface area contributed by atoms with Crippen LogP contribution in [0.15, 0.2) is 0 Å². The van der Waals surface area contributed by atoms with Crippen molar-refractivity contribution in [3.63, 3.8) is 0 Å². The Balaban J connectivity index is 2.05. The van der Waals surface area contributed by atoms with Crippen molar-refractivity contribution >= 4 is 11.8 Å². The normalized spacial score (nSPS) is 21.8. The Kier molecular flexibility index (Phi) is 2.39. The first-order valence-electron chi connectivity index (χ1n) is 3.41. The molecule has 0 amide bonds. The summed E-state index contributed by atoms with van der Waals surface area (Å²) in [6, 6.07) is 0. The summed E-state index contributed by atoms with van der Waals surface area (Å²) in [5.41, 5.74) is 1.25. The fraction of sp³-hybridized carbons (Fsp3) is 1.00. The van der Waals surface area contributed by atoms with Gasteiger partial charge in [-0.3, -0.25) is 0 Å². The van der Waals surface area contributed by atoms with Gasteiger partial charge in [0.25, 0.3) is 0 Å². The van der Waals surface area contributed by atoms with Crippen LogP contribution in [0, 0.1) is 0 Å². The van der Waals surface area contributed by atoms with Crippen molar-refractivity contribution in [2.24, 2.45) is 5.73 Å². The van der Waals surface area contributed by atoms with Gasteiger partial charge < -0.3 is 5.73 Å². The molecular weight excluding hydrogens is 175 g/mol. The number of halogens is 3. The van der Waals surface area contributed by atoms with Crippen molar-refractivity contribution in [1.29, 1.82) is 0 Å². The molecule has 1 fully saturated rings. The van der Waals surface area contributed by atoms with Crippen LogP contribution in [0.1, 0.15) is 19.3 Å². The maximum atomic E-state index is 11.6. The van der Waals surface area contributed by atoms with Gasteiger partial charge in [-0.1, -0.05) is 11.8 Å². The van der Waals surface area contributed by atoms with E-state index in [0.717, 1.165) is 12.8 Å².